The number of anilines is 1. The molecule has 0 spiro atoms. The second kappa shape index (κ2) is 6.35. The fourth-order valence-electron chi connectivity index (χ4n) is 1.63. The lowest BCUT2D eigenvalue weighted by molar-refractivity contribution is -0.137. The largest absolute Gasteiger partial charge is 0.416 e. The van der Waals surface area contributed by atoms with Gasteiger partial charge in [0.2, 0.25) is 0 Å². The Morgan fingerprint density at radius 1 is 1.14 bits per heavy atom. The van der Waals surface area contributed by atoms with Gasteiger partial charge in [-0.05, 0) is 68.9 Å². The molecule has 0 heterocycles. The summed E-state index contributed by atoms with van der Waals surface area (Å²) < 4.78 is 39.2. The lowest BCUT2D eigenvalue weighted by Crippen LogP contribution is -2.15. The van der Waals surface area contributed by atoms with Crippen molar-refractivity contribution in [3.05, 3.63) is 61.6 Å². The molecular weight excluding hydrogens is 462 g/mol. The number of carbonyl (C=O) groups is 1. The first kappa shape index (κ1) is 16.3. The molecule has 0 atom stereocenters. The van der Waals surface area contributed by atoms with Gasteiger partial charge in [0.15, 0.2) is 0 Å². The number of hydrogen-bond donors (Lipinski definition) is 1. The van der Waals surface area contributed by atoms with Crippen molar-refractivity contribution >= 4 is 50.1 Å². The number of amides is 1. The second-order valence-electron chi connectivity index (χ2n) is 4.13. The number of alkyl halides is 3. The summed E-state index contributed by atoms with van der Waals surface area (Å²) >= 11 is 5.13. The summed E-state index contributed by atoms with van der Waals surface area (Å²) in [7, 11) is 0. The number of carbonyl (C=O) groups excluding carboxylic acids is 1. The number of rotatable bonds is 2. The van der Waals surface area contributed by atoms with Crippen molar-refractivity contribution in [2.75, 3.05) is 5.32 Å². The molecule has 0 radical (unpaired) electrons. The van der Waals surface area contributed by atoms with E-state index < -0.39 is 17.6 Å². The topological polar surface area (TPSA) is 29.1 Å². The first-order valence-corrected chi connectivity index (χ1v) is 7.59. The van der Waals surface area contributed by atoms with Crippen molar-refractivity contribution in [2.45, 2.75) is 6.18 Å². The maximum Gasteiger partial charge on any atom is 0.416 e. The van der Waals surface area contributed by atoms with Crippen LogP contribution in [-0.4, -0.2) is 5.91 Å². The molecular formula is C14H8BrF3INO. The molecule has 2 aromatic rings. The Morgan fingerprint density at radius 3 is 2.43 bits per heavy atom. The van der Waals surface area contributed by atoms with E-state index in [-0.39, 0.29) is 5.56 Å². The molecule has 110 valence electrons. The summed E-state index contributed by atoms with van der Waals surface area (Å²) in [5.74, 6) is -0.600. The Kier molecular flexibility index (Phi) is 4.92. The van der Waals surface area contributed by atoms with E-state index in [1.54, 1.807) is 24.3 Å². The average molecular weight is 470 g/mol. The van der Waals surface area contributed by atoms with Crippen LogP contribution in [0.5, 0.6) is 0 Å². The molecule has 7 heteroatoms. The van der Waals surface area contributed by atoms with E-state index in [2.05, 4.69) is 21.2 Å². The predicted molar refractivity (Wildman–Crippen MR) is 86.3 cm³/mol. The van der Waals surface area contributed by atoms with Crippen molar-refractivity contribution in [1.82, 2.24) is 0 Å². The number of para-hydroxylation sites is 1. The molecule has 0 fully saturated rings. The minimum Gasteiger partial charge on any atom is -0.321 e. The summed E-state index contributed by atoms with van der Waals surface area (Å²) in [6.45, 7) is 0. The number of benzene rings is 2. The molecule has 0 saturated heterocycles. The molecule has 0 bridgehead atoms. The van der Waals surface area contributed by atoms with Crippen molar-refractivity contribution in [2.24, 2.45) is 0 Å². The molecule has 0 unspecified atom stereocenters. The maximum absolute atomic E-state index is 12.7. The molecule has 1 amide bonds. The fourth-order valence-corrected chi connectivity index (χ4v) is 2.58. The maximum atomic E-state index is 12.7. The van der Waals surface area contributed by atoms with Gasteiger partial charge in [0.05, 0.1) is 16.8 Å². The Balaban J connectivity index is 2.33. The lowest BCUT2D eigenvalue weighted by Gasteiger charge is -2.11. The Bertz CT molecular complexity index is 688. The SMILES string of the molecule is O=C(Nc1ccccc1I)c1cc(C(F)(F)F)ccc1Br. The van der Waals surface area contributed by atoms with Crippen LogP contribution in [0, 0.1) is 3.57 Å². The Labute approximate surface area is 141 Å². The molecule has 0 saturated carbocycles. The van der Waals surface area contributed by atoms with Crippen LogP contribution in [-0.2, 0) is 6.18 Å². The van der Waals surface area contributed by atoms with E-state index >= 15 is 0 Å². The van der Waals surface area contributed by atoms with Crippen molar-refractivity contribution in [3.63, 3.8) is 0 Å². The van der Waals surface area contributed by atoms with E-state index in [9.17, 15) is 18.0 Å². The highest BCUT2D eigenvalue weighted by atomic mass is 127. The van der Waals surface area contributed by atoms with Crippen LogP contribution in [0.1, 0.15) is 15.9 Å². The lowest BCUT2D eigenvalue weighted by atomic mass is 10.1. The number of halogens is 5. The van der Waals surface area contributed by atoms with Gasteiger partial charge in [-0.2, -0.15) is 13.2 Å². The third-order valence-corrected chi connectivity index (χ3v) is 4.29. The van der Waals surface area contributed by atoms with E-state index in [4.69, 9.17) is 0 Å². The highest BCUT2D eigenvalue weighted by Crippen LogP contribution is 2.32. The first-order valence-electron chi connectivity index (χ1n) is 5.71. The molecule has 2 rings (SSSR count). The number of nitrogens with one attached hydrogen (secondary N) is 1. The summed E-state index contributed by atoms with van der Waals surface area (Å²) in [6.07, 6.45) is -4.49. The van der Waals surface area contributed by atoms with Gasteiger partial charge in [-0.15, -0.1) is 0 Å². The van der Waals surface area contributed by atoms with Crippen LogP contribution in [0.15, 0.2) is 46.9 Å². The molecule has 0 aliphatic heterocycles. The molecule has 0 aliphatic carbocycles. The van der Waals surface area contributed by atoms with Crippen LogP contribution in [0.2, 0.25) is 0 Å². The van der Waals surface area contributed by atoms with Crippen molar-refractivity contribution < 1.29 is 18.0 Å². The van der Waals surface area contributed by atoms with Gasteiger partial charge in [0.25, 0.3) is 5.91 Å². The normalized spacial score (nSPS) is 11.3. The highest BCUT2D eigenvalue weighted by Gasteiger charge is 2.31. The number of hydrogen-bond acceptors (Lipinski definition) is 1. The van der Waals surface area contributed by atoms with Gasteiger partial charge in [-0.3, -0.25) is 4.79 Å². The first-order chi connectivity index (χ1) is 9.79. The van der Waals surface area contributed by atoms with E-state index in [0.717, 1.165) is 15.7 Å². The van der Waals surface area contributed by atoms with Crippen molar-refractivity contribution in [1.29, 1.82) is 0 Å². The zero-order valence-corrected chi connectivity index (χ0v) is 14.1. The van der Waals surface area contributed by atoms with Crippen LogP contribution in [0.4, 0.5) is 18.9 Å². The summed E-state index contributed by atoms with van der Waals surface area (Å²) in [4.78, 5) is 12.2. The van der Waals surface area contributed by atoms with Crippen LogP contribution >= 0.6 is 38.5 Å². The molecule has 21 heavy (non-hydrogen) atoms. The quantitative estimate of drug-likeness (QED) is 0.592. The summed E-state index contributed by atoms with van der Waals surface area (Å²) in [6, 6.07) is 9.98. The molecule has 0 aromatic heterocycles. The fraction of sp³-hybridized carbons (Fsp3) is 0.0714. The van der Waals surface area contributed by atoms with Gasteiger partial charge >= 0.3 is 6.18 Å². The van der Waals surface area contributed by atoms with Gasteiger partial charge in [-0.1, -0.05) is 12.1 Å². The van der Waals surface area contributed by atoms with Gasteiger partial charge in [-0.25, -0.2) is 0 Å². The highest BCUT2D eigenvalue weighted by molar-refractivity contribution is 14.1. The second-order valence-corrected chi connectivity index (χ2v) is 6.14. The minimum atomic E-state index is -4.49. The molecule has 0 aliphatic rings. The molecule has 2 aromatic carbocycles. The standard InChI is InChI=1S/C14H8BrF3INO/c15-10-6-5-8(14(16,17)18)7-9(10)13(21)20-12-4-2-1-3-11(12)19/h1-7H,(H,20,21). The summed E-state index contributed by atoms with van der Waals surface area (Å²) in [5, 5.41) is 2.60. The van der Waals surface area contributed by atoms with E-state index in [0.29, 0.717) is 10.2 Å². The average Bonchev–Trinajstić information content (AvgIpc) is 2.40. The smallest absolute Gasteiger partial charge is 0.321 e. The third-order valence-electron chi connectivity index (χ3n) is 2.66. The Hall–Kier alpha value is -1.09. The third kappa shape index (κ3) is 3.97. The predicted octanol–water partition coefficient (Wildman–Crippen LogP) is 5.32. The molecule has 1 N–H and O–H groups in total. The van der Waals surface area contributed by atoms with Crippen LogP contribution in [0.25, 0.3) is 0 Å². The van der Waals surface area contributed by atoms with E-state index in [1.807, 2.05) is 22.6 Å². The van der Waals surface area contributed by atoms with Gasteiger partial charge in [0, 0.05) is 8.04 Å². The Morgan fingerprint density at radius 2 is 1.81 bits per heavy atom. The van der Waals surface area contributed by atoms with Crippen LogP contribution in [0.3, 0.4) is 0 Å². The molecule has 2 nitrogen and oxygen atoms in total. The zero-order valence-electron chi connectivity index (χ0n) is 10.3. The van der Waals surface area contributed by atoms with Gasteiger partial charge in [0.1, 0.15) is 0 Å². The zero-order chi connectivity index (χ0) is 15.6. The minimum absolute atomic E-state index is 0.0653. The summed E-state index contributed by atoms with van der Waals surface area (Å²) in [5.41, 5.74) is -0.379. The monoisotopic (exact) mass is 469 g/mol. The van der Waals surface area contributed by atoms with E-state index in [1.165, 1.54) is 6.07 Å². The van der Waals surface area contributed by atoms with Gasteiger partial charge < -0.3 is 5.32 Å². The van der Waals surface area contributed by atoms with Crippen molar-refractivity contribution in [3.8, 4) is 0 Å². The van der Waals surface area contributed by atoms with Crippen LogP contribution < -0.4 is 5.32 Å².